The third kappa shape index (κ3) is 10.2. The Kier molecular flexibility index (Phi) is 10.3. The highest BCUT2D eigenvalue weighted by atomic mass is 16.5. The summed E-state index contributed by atoms with van der Waals surface area (Å²) in [6.45, 7) is 6.90. The molecule has 1 aliphatic rings. The number of carbonyl (C=O) groups excluding carboxylic acids is 3. The van der Waals surface area contributed by atoms with Gasteiger partial charge in [-0.05, 0) is 46.5 Å². The van der Waals surface area contributed by atoms with Gasteiger partial charge >= 0.3 is 0 Å². The molecular weight excluding hydrogens is 324 g/mol. The van der Waals surface area contributed by atoms with Crippen LogP contribution in [0.25, 0.3) is 0 Å². The van der Waals surface area contributed by atoms with Gasteiger partial charge in [0.05, 0.1) is 32.5 Å². The fraction of sp³-hybridized carbons (Fsp3) is 0.833. The second-order valence-electron chi connectivity index (χ2n) is 6.82. The van der Waals surface area contributed by atoms with Crippen LogP contribution in [0.4, 0.5) is 0 Å². The molecule has 0 heterocycles. The molecule has 0 saturated heterocycles. The van der Waals surface area contributed by atoms with Crippen LogP contribution in [0, 0.1) is 5.92 Å². The fourth-order valence-corrected chi connectivity index (χ4v) is 2.77. The maximum Gasteiger partial charge on any atom is 0.223 e. The highest BCUT2D eigenvalue weighted by molar-refractivity contribution is 5.85. The Labute approximate surface area is 150 Å². The Morgan fingerprint density at radius 2 is 1.72 bits per heavy atom. The molecule has 1 rings (SSSR count). The maximum absolute atomic E-state index is 11.9. The number of ketones is 1. The minimum absolute atomic E-state index is 0.0192. The van der Waals surface area contributed by atoms with E-state index in [0.717, 1.165) is 25.7 Å². The van der Waals surface area contributed by atoms with Crippen molar-refractivity contribution in [2.24, 2.45) is 5.92 Å². The average Bonchev–Trinajstić information content (AvgIpc) is 2.56. The molecule has 0 radical (unpaired) electrons. The topological polar surface area (TPSA) is 93.7 Å². The van der Waals surface area contributed by atoms with E-state index in [9.17, 15) is 14.4 Å². The molecule has 0 spiro atoms. The molecule has 7 heteroatoms. The summed E-state index contributed by atoms with van der Waals surface area (Å²) >= 11 is 0. The van der Waals surface area contributed by atoms with Gasteiger partial charge in [-0.2, -0.15) is 0 Å². The van der Waals surface area contributed by atoms with Crippen molar-refractivity contribution in [3.8, 4) is 0 Å². The predicted octanol–water partition coefficient (Wildman–Crippen LogP) is 1.20. The van der Waals surface area contributed by atoms with Crippen LogP contribution in [0.15, 0.2) is 0 Å². The van der Waals surface area contributed by atoms with Gasteiger partial charge in [0, 0.05) is 18.4 Å². The van der Waals surface area contributed by atoms with E-state index in [1.54, 1.807) is 0 Å². The smallest absolute Gasteiger partial charge is 0.223 e. The maximum atomic E-state index is 11.9. The summed E-state index contributed by atoms with van der Waals surface area (Å²) in [6.07, 6.45) is 3.56. The molecule has 1 saturated carbocycles. The van der Waals surface area contributed by atoms with Crippen LogP contribution in [0.2, 0.25) is 0 Å². The number of rotatable bonds is 11. The second-order valence-corrected chi connectivity index (χ2v) is 6.82. The zero-order valence-electron chi connectivity index (χ0n) is 15.6. The number of Topliss-reactive ketones (excluding diaryl/α,β-unsaturated/α-hetero) is 1. The van der Waals surface area contributed by atoms with Gasteiger partial charge in [0.25, 0.3) is 0 Å². The summed E-state index contributed by atoms with van der Waals surface area (Å²) in [4.78, 5) is 34.7. The molecule has 0 aromatic heterocycles. The van der Waals surface area contributed by atoms with Crippen LogP contribution in [-0.4, -0.2) is 56.1 Å². The molecule has 0 unspecified atom stereocenters. The van der Waals surface area contributed by atoms with Crippen molar-refractivity contribution in [1.82, 2.24) is 10.6 Å². The lowest BCUT2D eigenvalue weighted by Gasteiger charge is -2.28. The van der Waals surface area contributed by atoms with Gasteiger partial charge in [0.1, 0.15) is 5.78 Å². The van der Waals surface area contributed by atoms with E-state index >= 15 is 0 Å². The van der Waals surface area contributed by atoms with Crippen LogP contribution in [-0.2, 0) is 23.9 Å². The van der Waals surface area contributed by atoms with Gasteiger partial charge in [-0.15, -0.1) is 0 Å². The monoisotopic (exact) mass is 356 g/mol. The molecule has 1 aliphatic carbocycles. The van der Waals surface area contributed by atoms with E-state index in [4.69, 9.17) is 9.47 Å². The Balaban J connectivity index is 2.10. The van der Waals surface area contributed by atoms with Crippen molar-refractivity contribution < 1.29 is 23.9 Å². The lowest BCUT2D eigenvalue weighted by atomic mass is 9.85. The van der Waals surface area contributed by atoms with Gasteiger partial charge in [-0.3, -0.25) is 14.4 Å². The third-order valence-corrected chi connectivity index (χ3v) is 4.13. The molecule has 2 N–H and O–H groups in total. The van der Waals surface area contributed by atoms with Gasteiger partial charge in [-0.25, -0.2) is 0 Å². The SMILES string of the molecule is CC(=O)CNC(=O)[C@H]1CC[C@@H](NC(=O)CCOCCOC(C)C)CC1. The number of hydrogen-bond donors (Lipinski definition) is 2. The van der Waals surface area contributed by atoms with E-state index in [1.807, 2.05) is 13.8 Å². The largest absolute Gasteiger partial charge is 0.379 e. The Morgan fingerprint density at radius 3 is 2.32 bits per heavy atom. The molecule has 144 valence electrons. The first-order valence-corrected chi connectivity index (χ1v) is 9.14. The Bertz CT molecular complexity index is 431. The van der Waals surface area contributed by atoms with E-state index in [-0.39, 0.29) is 42.2 Å². The van der Waals surface area contributed by atoms with Gasteiger partial charge in [-0.1, -0.05) is 0 Å². The van der Waals surface area contributed by atoms with Crippen LogP contribution in [0.3, 0.4) is 0 Å². The first-order chi connectivity index (χ1) is 11.9. The van der Waals surface area contributed by atoms with E-state index in [0.29, 0.717) is 26.2 Å². The normalized spacial score (nSPS) is 20.3. The lowest BCUT2D eigenvalue weighted by molar-refractivity contribution is -0.128. The van der Waals surface area contributed by atoms with Crippen molar-refractivity contribution in [2.45, 2.75) is 65.0 Å². The summed E-state index contributed by atoms with van der Waals surface area (Å²) in [5.74, 6) is -0.185. The van der Waals surface area contributed by atoms with Crippen LogP contribution in [0.5, 0.6) is 0 Å². The molecule has 0 aliphatic heterocycles. The molecule has 25 heavy (non-hydrogen) atoms. The molecule has 0 bridgehead atoms. The van der Waals surface area contributed by atoms with Crippen molar-refractivity contribution in [3.63, 3.8) is 0 Å². The molecule has 7 nitrogen and oxygen atoms in total. The van der Waals surface area contributed by atoms with Crippen molar-refractivity contribution >= 4 is 17.6 Å². The van der Waals surface area contributed by atoms with E-state index in [1.165, 1.54) is 6.92 Å². The molecule has 1 fully saturated rings. The summed E-state index contributed by atoms with van der Waals surface area (Å²) in [5, 5.41) is 5.66. The highest BCUT2D eigenvalue weighted by Gasteiger charge is 2.26. The number of amides is 2. The molecule has 0 aromatic rings. The minimum Gasteiger partial charge on any atom is -0.379 e. The van der Waals surface area contributed by atoms with Crippen LogP contribution >= 0.6 is 0 Å². The first-order valence-electron chi connectivity index (χ1n) is 9.14. The number of hydrogen-bond acceptors (Lipinski definition) is 5. The first kappa shape index (κ1) is 21.6. The summed E-state index contributed by atoms with van der Waals surface area (Å²) in [7, 11) is 0. The summed E-state index contributed by atoms with van der Waals surface area (Å²) in [5.41, 5.74) is 0. The summed E-state index contributed by atoms with van der Waals surface area (Å²) in [6, 6.07) is 0.119. The molecule has 0 atom stereocenters. The second kappa shape index (κ2) is 12.0. The lowest BCUT2D eigenvalue weighted by Crippen LogP contribution is -2.41. The van der Waals surface area contributed by atoms with Gasteiger partial charge in [0.15, 0.2) is 0 Å². The predicted molar refractivity (Wildman–Crippen MR) is 94.1 cm³/mol. The molecular formula is C18H32N2O5. The number of carbonyl (C=O) groups is 3. The van der Waals surface area contributed by atoms with E-state index in [2.05, 4.69) is 10.6 Å². The minimum atomic E-state index is -0.0585. The van der Waals surface area contributed by atoms with Gasteiger partial charge in [0.2, 0.25) is 11.8 Å². The number of ether oxygens (including phenoxy) is 2. The van der Waals surface area contributed by atoms with Gasteiger partial charge < -0.3 is 20.1 Å². The molecule has 2 amide bonds. The Hall–Kier alpha value is -1.47. The molecule has 0 aromatic carbocycles. The van der Waals surface area contributed by atoms with Crippen molar-refractivity contribution in [2.75, 3.05) is 26.4 Å². The van der Waals surface area contributed by atoms with Crippen LogP contribution < -0.4 is 10.6 Å². The van der Waals surface area contributed by atoms with E-state index < -0.39 is 0 Å². The number of nitrogens with one attached hydrogen (secondary N) is 2. The fourth-order valence-electron chi connectivity index (χ4n) is 2.77. The third-order valence-electron chi connectivity index (χ3n) is 4.13. The van der Waals surface area contributed by atoms with Crippen LogP contribution in [0.1, 0.15) is 52.9 Å². The highest BCUT2D eigenvalue weighted by Crippen LogP contribution is 2.24. The quantitative estimate of drug-likeness (QED) is 0.543. The zero-order valence-corrected chi connectivity index (χ0v) is 15.6. The zero-order chi connectivity index (χ0) is 18.7. The standard InChI is InChI=1S/C18H32N2O5/c1-13(2)25-11-10-24-9-8-17(22)20-16-6-4-15(5-7-16)18(23)19-12-14(3)21/h13,15-16H,4-12H2,1-3H3,(H,19,23)(H,20,22)/t15-,16+. The summed E-state index contributed by atoms with van der Waals surface area (Å²) < 4.78 is 10.7. The Morgan fingerprint density at radius 1 is 1.04 bits per heavy atom. The van der Waals surface area contributed by atoms with Crippen molar-refractivity contribution in [3.05, 3.63) is 0 Å². The average molecular weight is 356 g/mol. The van der Waals surface area contributed by atoms with Crippen molar-refractivity contribution in [1.29, 1.82) is 0 Å².